The van der Waals surface area contributed by atoms with Crippen LogP contribution in [-0.2, 0) is 14.8 Å². The van der Waals surface area contributed by atoms with Crippen molar-refractivity contribution in [3.63, 3.8) is 0 Å². The first-order valence-corrected chi connectivity index (χ1v) is 8.20. The van der Waals surface area contributed by atoms with E-state index >= 15 is 0 Å². The molecule has 0 unspecified atom stereocenters. The van der Waals surface area contributed by atoms with E-state index in [9.17, 15) is 27.7 Å². The molecule has 0 fully saturated rings. The van der Waals surface area contributed by atoms with E-state index in [1.54, 1.807) is 4.83 Å². The van der Waals surface area contributed by atoms with E-state index in [0.29, 0.717) is 0 Å². The van der Waals surface area contributed by atoms with Crippen molar-refractivity contribution < 1.29 is 27.3 Å². The largest absolute Gasteiger partial charge is 0.484 e. The summed E-state index contributed by atoms with van der Waals surface area (Å²) in [5.74, 6) is -1.31. The highest BCUT2D eigenvalue weighted by molar-refractivity contribution is 7.89. The van der Waals surface area contributed by atoms with E-state index in [0.717, 1.165) is 24.3 Å². The summed E-state index contributed by atoms with van der Waals surface area (Å²) < 4.78 is 41.9. The minimum absolute atomic E-state index is 0.0942. The average Bonchev–Trinajstić information content (AvgIpc) is 2.58. The fourth-order valence-corrected chi connectivity index (χ4v) is 2.59. The normalized spacial score (nSPS) is 10.9. The highest BCUT2D eigenvalue weighted by atomic mass is 32.2. The summed E-state index contributed by atoms with van der Waals surface area (Å²) in [5, 5.41) is 10.7. The number of benzene rings is 2. The molecule has 0 heterocycles. The molecule has 0 saturated carbocycles. The smallest absolute Gasteiger partial charge is 0.272 e. The van der Waals surface area contributed by atoms with Crippen LogP contribution in [0.5, 0.6) is 5.75 Å². The SMILES string of the molecule is O=C(COc1cccc(F)c1)NNS(=O)(=O)c1cccc([N+](=O)[O-])c1. The number of nitrogens with zero attached hydrogens (tertiary/aromatic N) is 1. The van der Waals surface area contributed by atoms with Crippen LogP contribution in [0.25, 0.3) is 0 Å². The van der Waals surface area contributed by atoms with Crippen LogP contribution in [0.1, 0.15) is 0 Å². The summed E-state index contributed by atoms with van der Waals surface area (Å²) in [6, 6.07) is 9.35. The lowest BCUT2D eigenvalue weighted by Gasteiger charge is -2.09. The predicted octanol–water partition coefficient (Wildman–Crippen LogP) is 1.12. The number of sulfonamides is 1. The number of nitrogens with one attached hydrogen (secondary N) is 2. The highest BCUT2D eigenvalue weighted by Crippen LogP contribution is 2.16. The van der Waals surface area contributed by atoms with Crippen molar-refractivity contribution in [2.45, 2.75) is 4.90 Å². The van der Waals surface area contributed by atoms with Crippen molar-refractivity contribution in [2.75, 3.05) is 6.61 Å². The van der Waals surface area contributed by atoms with Crippen molar-refractivity contribution in [1.82, 2.24) is 10.3 Å². The van der Waals surface area contributed by atoms with Crippen LogP contribution in [0.3, 0.4) is 0 Å². The van der Waals surface area contributed by atoms with E-state index in [-0.39, 0.29) is 5.75 Å². The number of hydrazine groups is 1. The zero-order valence-electron chi connectivity index (χ0n) is 12.5. The second-order valence-electron chi connectivity index (χ2n) is 4.65. The van der Waals surface area contributed by atoms with Gasteiger partial charge in [0.2, 0.25) is 0 Å². The molecule has 2 rings (SSSR count). The van der Waals surface area contributed by atoms with Crippen molar-refractivity contribution >= 4 is 21.6 Å². The van der Waals surface area contributed by atoms with Gasteiger partial charge in [0.05, 0.1) is 9.82 Å². The quantitative estimate of drug-likeness (QED) is 0.556. The van der Waals surface area contributed by atoms with Gasteiger partial charge in [-0.25, -0.2) is 12.8 Å². The first kappa shape index (κ1) is 18.3. The second-order valence-corrected chi connectivity index (χ2v) is 6.34. The number of ether oxygens (including phenoxy) is 1. The van der Waals surface area contributed by atoms with E-state index in [1.165, 1.54) is 24.3 Å². The zero-order chi connectivity index (χ0) is 18.4. The molecule has 2 N–H and O–H groups in total. The molecule has 0 radical (unpaired) electrons. The van der Waals surface area contributed by atoms with Gasteiger partial charge >= 0.3 is 0 Å². The molecule has 0 aromatic heterocycles. The Hall–Kier alpha value is -3.05. The fraction of sp³-hybridized carbons (Fsp3) is 0.0714. The number of hydrogen-bond acceptors (Lipinski definition) is 6. The molecule has 0 aliphatic heterocycles. The summed E-state index contributed by atoms with van der Waals surface area (Å²) >= 11 is 0. The Morgan fingerprint density at radius 3 is 2.60 bits per heavy atom. The molecule has 132 valence electrons. The minimum Gasteiger partial charge on any atom is -0.484 e. The maximum atomic E-state index is 13.0. The molecule has 2 aromatic carbocycles. The van der Waals surface area contributed by atoms with E-state index in [2.05, 4.69) is 0 Å². The van der Waals surface area contributed by atoms with Crippen LogP contribution in [0.2, 0.25) is 0 Å². The molecule has 0 spiro atoms. The van der Waals surface area contributed by atoms with E-state index < -0.39 is 43.9 Å². The first-order chi connectivity index (χ1) is 11.8. The molecule has 25 heavy (non-hydrogen) atoms. The topological polar surface area (TPSA) is 128 Å². The number of carbonyl (C=O) groups excluding carboxylic acids is 1. The number of non-ortho nitro benzene ring substituents is 1. The van der Waals surface area contributed by atoms with Crippen LogP contribution >= 0.6 is 0 Å². The summed E-state index contributed by atoms with van der Waals surface area (Å²) in [7, 11) is -4.20. The molecule has 0 aliphatic carbocycles. The van der Waals surface area contributed by atoms with Crippen molar-refractivity contribution in [3.8, 4) is 5.75 Å². The van der Waals surface area contributed by atoms with Crippen molar-refractivity contribution in [3.05, 3.63) is 64.5 Å². The Bertz CT molecular complexity index is 903. The number of amides is 1. The van der Waals surface area contributed by atoms with Crippen molar-refractivity contribution in [2.24, 2.45) is 0 Å². The zero-order valence-corrected chi connectivity index (χ0v) is 13.3. The van der Waals surface area contributed by atoms with Gasteiger partial charge in [0.1, 0.15) is 11.6 Å². The lowest BCUT2D eigenvalue weighted by Crippen LogP contribution is -2.43. The molecular weight excluding hydrogens is 357 g/mol. The molecule has 2 aromatic rings. The Kier molecular flexibility index (Phi) is 5.62. The van der Waals surface area contributed by atoms with Crippen LogP contribution in [0.4, 0.5) is 10.1 Å². The molecule has 9 nitrogen and oxygen atoms in total. The Morgan fingerprint density at radius 2 is 1.92 bits per heavy atom. The van der Waals surface area contributed by atoms with Gasteiger partial charge in [-0.1, -0.05) is 12.1 Å². The molecule has 0 saturated heterocycles. The predicted molar refractivity (Wildman–Crippen MR) is 83.5 cm³/mol. The summed E-state index contributed by atoms with van der Waals surface area (Å²) in [6.45, 7) is -0.569. The third-order valence-corrected chi connectivity index (χ3v) is 4.07. The number of rotatable bonds is 7. The lowest BCUT2D eigenvalue weighted by atomic mass is 10.3. The Balaban J connectivity index is 1.94. The number of nitro groups is 1. The summed E-state index contributed by atoms with van der Waals surface area (Å²) in [4.78, 5) is 22.9. The van der Waals surface area contributed by atoms with Gasteiger partial charge in [-0.15, -0.1) is 4.83 Å². The maximum absolute atomic E-state index is 13.0. The van der Waals surface area contributed by atoms with Crippen LogP contribution in [-0.4, -0.2) is 25.9 Å². The number of nitro benzene ring substituents is 1. The van der Waals surface area contributed by atoms with Gasteiger partial charge in [0.25, 0.3) is 21.6 Å². The van der Waals surface area contributed by atoms with Gasteiger partial charge in [0.15, 0.2) is 6.61 Å². The standard InChI is InChI=1S/C14H12FN3O6S/c15-10-3-1-5-12(7-10)24-9-14(19)16-17-25(22,23)13-6-2-4-11(8-13)18(20)21/h1-8,17H,9H2,(H,16,19). The average molecular weight is 369 g/mol. The molecule has 11 heteroatoms. The Morgan fingerprint density at radius 1 is 1.20 bits per heavy atom. The van der Waals surface area contributed by atoms with Gasteiger partial charge in [-0.05, 0) is 18.2 Å². The lowest BCUT2D eigenvalue weighted by molar-refractivity contribution is -0.385. The molecular formula is C14H12FN3O6S. The first-order valence-electron chi connectivity index (χ1n) is 6.71. The van der Waals surface area contributed by atoms with Gasteiger partial charge in [-0.2, -0.15) is 0 Å². The van der Waals surface area contributed by atoms with Crippen molar-refractivity contribution in [1.29, 1.82) is 0 Å². The van der Waals surface area contributed by atoms with Crippen LogP contribution in [0, 0.1) is 15.9 Å². The number of hydrogen-bond donors (Lipinski definition) is 2. The monoisotopic (exact) mass is 369 g/mol. The third-order valence-electron chi connectivity index (χ3n) is 2.83. The summed E-state index contributed by atoms with van der Waals surface area (Å²) in [5.41, 5.74) is 1.48. The van der Waals surface area contributed by atoms with Crippen LogP contribution < -0.4 is 15.0 Å². The minimum atomic E-state index is -4.20. The molecule has 1 amide bonds. The highest BCUT2D eigenvalue weighted by Gasteiger charge is 2.18. The number of halogens is 1. The van der Waals surface area contributed by atoms with Crippen LogP contribution in [0.15, 0.2) is 53.4 Å². The Labute approximate surface area is 141 Å². The van der Waals surface area contributed by atoms with E-state index in [4.69, 9.17) is 4.74 Å². The second kappa shape index (κ2) is 7.68. The molecule has 0 atom stereocenters. The fourth-order valence-electron chi connectivity index (χ4n) is 1.69. The third kappa shape index (κ3) is 5.22. The van der Waals surface area contributed by atoms with Gasteiger partial charge < -0.3 is 4.74 Å². The number of carbonyl (C=O) groups is 1. The maximum Gasteiger partial charge on any atom is 0.272 e. The van der Waals surface area contributed by atoms with Gasteiger partial charge in [0, 0.05) is 18.2 Å². The summed E-state index contributed by atoms with van der Waals surface area (Å²) in [6.07, 6.45) is 0. The molecule has 0 bridgehead atoms. The van der Waals surface area contributed by atoms with Gasteiger partial charge in [-0.3, -0.25) is 20.3 Å². The molecule has 0 aliphatic rings. The van der Waals surface area contributed by atoms with E-state index in [1.807, 2.05) is 5.43 Å².